The molecule has 7 heteroatoms. The maximum absolute atomic E-state index is 11.7. The number of thioether (sulfide) groups is 1. The molecule has 0 saturated heterocycles. The molecule has 0 aliphatic rings. The van der Waals surface area contributed by atoms with E-state index < -0.39 is 12.1 Å². The van der Waals surface area contributed by atoms with Crippen LogP contribution in [0.15, 0.2) is 12.2 Å². The first-order chi connectivity index (χ1) is 11.5. The van der Waals surface area contributed by atoms with Crippen LogP contribution in [0.4, 0.5) is 4.79 Å². The molecule has 0 atom stereocenters. The second-order valence-electron chi connectivity index (χ2n) is 6.78. The van der Waals surface area contributed by atoms with Gasteiger partial charge in [-0.25, -0.2) is 4.79 Å². The summed E-state index contributed by atoms with van der Waals surface area (Å²) in [5.74, 6) is 0.675. The van der Waals surface area contributed by atoms with E-state index in [1.165, 1.54) is 11.8 Å². The number of carbonyl (C=O) groups is 4. The molecule has 1 N–H and O–H groups in total. The zero-order valence-electron chi connectivity index (χ0n) is 15.6. The lowest BCUT2D eigenvalue weighted by molar-refractivity contribution is -0.136. The van der Waals surface area contributed by atoms with E-state index in [0.717, 1.165) is 0 Å². The smallest absolute Gasteiger partial charge is 0.376 e. The van der Waals surface area contributed by atoms with E-state index in [1.54, 1.807) is 6.92 Å². The Balaban J connectivity index is 3.72. The average Bonchev–Trinajstić information content (AvgIpc) is 2.49. The van der Waals surface area contributed by atoms with Crippen molar-refractivity contribution in [3.63, 3.8) is 0 Å². The van der Waals surface area contributed by atoms with Gasteiger partial charge in [-0.2, -0.15) is 11.8 Å². The Morgan fingerprint density at radius 3 is 2.20 bits per heavy atom. The third-order valence-electron chi connectivity index (χ3n) is 3.29. The highest BCUT2D eigenvalue weighted by Gasteiger charge is 2.20. The number of carbonyl (C=O) groups excluding carboxylic acids is 4. The molecule has 0 aromatic carbocycles. The highest BCUT2D eigenvalue weighted by Crippen LogP contribution is 2.18. The minimum absolute atomic E-state index is 0.0480. The van der Waals surface area contributed by atoms with Gasteiger partial charge in [-0.1, -0.05) is 27.4 Å². The maximum atomic E-state index is 11.7. The van der Waals surface area contributed by atoms with Crippen LogP contribution in [0, 0.1) is 5.41 Å². The van der Waals surface area contributed by atoms with Crippen molar-refractivity contribution in [2.45, 2.75) is 53.4 Å². The molecule has 0 heterocycles. The number of nitrogens with one attached hydrogen (secondary N) is 1. The lowest BCUT2D eigenvalue weighted by Gasteiger charge is -2.15. The minimum atomic E-state index is -0.805. The molecule has 0 aromatic rings. The number of Topliss-reactive ketones (excluding diaryl/α,β-unsaturated/α-hetero) is 2. The van der Waals surface area contributed by atoms with Crippen molar-refractivity contribution in [2.75, 3.05) is 18.1 Å². The fourth-order valence-corrected chi connectivity index (χ4v) is 2.49. The van der Waals surface area contributed by atoms with E-state index in [4.69, 9.17) is 0 Å². The minimum Gasteiger partial charge on any atom is -0.376 e. The van der Waals surface area contributed by atoms with Crippen LogP contribution >= 0.6 is 11.8 Å². The summed E-state index contributed by atoms with van der Waals surface area (Å²) < 4.78 is 4.62. The van der Waals surface area contributed by atoms with Crippen LogP contribution in [0.2, 0.25) is 0 Å². The lowest BCUT2D eigenvalue weighted by atomic mass is 9.89. The Morgan fingerprint density at radius 2 is 1.64 bits per heavy atom. The van der Waals surface area contributed by atoms with Gasteiger partial charge in [0.15, 0.2) is 5.78 Å². The second-order valence-corrected chi connectivity index (χ2v) is 8.01. The Morgan fingerprint density at radius 1 is 1.04 bits per heavy atom. The van der Waals surface area contributed by atoms with Crippen LogP contribution < -0.4 is 5.32 Å². The van der Waals surface area contributed by atoms with Gasteiger partial charge in [0.25, 0.3) is 0 Å². The highest BCUT2D eigenvalue weighted by molar-refractivity contribution is 7.99. The number of amides is 1. The molecule has 6 nitrogen and oxygen atoms in total. The first-order valence-electron chi connectivity index (χ1n) is 8.32. The predicted molar refractivity (Wildman–Crippen MR) is 99.6 cm³/mol. The number of hydrogen-bond acceptors (Lipinski definition) is 6. The van der Waals surface area contributed by atoms with Crippen molar-refractivity contribution in [3.05, 3.63) is 12.2 Å². The van der Waals surface area contributed by atoms with E-state index in [-0.39, 0.29) is 29.9 Å². The van der Waals surface area contributed by atoms with Gasteiger partial charge in [0.2, 0.25) is 0 Å². The number of esters is 1. The molecule has 0 aliphatic carbocycles. The first-order valence-corrected chi connectivity index (χ1v) is 9.47. The largest absolute Gasteiger partial charge is 0.414 e. The van der Waals surface area contributed by atoms with Gasteiger partial charge in [-0.3, -0.25) is 14.4 Å². The maximum Gasteiger partial charge on any atom is 0.414 e. The normalized spacial score (nSPS) is 10.9. The lowest BCUT2D eigenvalue weighted by Crippen LogP contribution is -2.28. The van der Waals surface area contributed by atoms with Crippen LogP contribution in [0.5, 0.6) is 0 Å². The van der Waals surface area contributed by atoms with Gasteiger partial charge in [0.1, 0.15) is 5.78 Å². The summed E-state index contributed by atoms with van der Waals surface area (Å²) in [4.78, 5) is 46.0. The highest BCUT2D eigenvalue weighted by atomic mass is 32.2. The average molecular weight is 371 g/mol. The predicted octanol–water partition coefficient (Wildman–Crippen LogP) is 3.29. The Hall–Kier alpha value is -1.63. The topological polar surface area (TPSA) is 89.5 Å². The van der Waals surface area contributed by atoms with Crippen LogP contribution in [-0.2, 0) is 19.1 Å². The van der Waals surface area contributed by atoms with E-state index >= 15 is 0 Å². The summed E-state index contributed by atoms with van der Waals surface area (Å²) >= 11 is 1.48. The molecule has 0 rings (SSSR count). The van der Waals surface area contributed by atoms with Crippen molar-refractivity contribution < 1.29 is 23.9 Å². The summed E-state index contributed by atoms with van der Waals surface area (Å²) in [6, 6.07) is 0. The molecule has 0 bridgehead atoms. The summed E-state index contributed by atoms with van der Waals surface area (Å²) in [6.45, 7) is 11.1. The number of alkyl carbamates (subject to hydrolysis) is 1. The summed E-state index contributed by atoms with van der Waals surface area (Å²) in [6.07, 6.45) is 0.531. The van der Waals surface area contributed by atoms with Crippen LogP contribution in [-0.4, -0.2) is 41.7 Å². The van der Waals surface area contributed by atoms with E-state index in [9.17, 15) is 19.2 Å². The molecular weight excluding hydrogens is 342 g/mol. The van der Waals surface area contributed by atoms with Crippen LogP contribution in [0.25, 0.3) is 0 Å². The number of rotatable bonds is 11. The van der Waals surface area contributed by atoms with Gasteiger partial charge >= 0.3 is 12.1 Å². The zero-order chi connectivity index (χ0) is 19.5. The zero-order valence-corrected chi connectivity index (χ0v) is 16.4. The molecule has 25 heavy (non-hydrogen) atoms. The summed E-state index contributed by atoms with van der Waals surface area (Å²) in [7, 11) is 0. The van der Waals surface area contributed by atoms with Crippen molar-refractivity contribution >= 4 is 35.4 Å². The molecule has 0 aliphatic heterocycles. The van der Waals surface area contributed by atoms with Crippen molar-refractivity contribution in [1.29, 1.82) is 0 Å². The fourth-order valence-electron chi connectivity index (χ4n) is 1.64. The van der Waals surface area contributed by atoms with E-state index in [0.29, 0.717) is 36.3 Å². The number of hydrogen-bond donors (Lipinski definition) is 1. The molecule has 0 fully saturated rings. The van der Waals surface area contributed by atoms with Crippen molar-refractivity contribution in [1.82, 2.24) is 5.32 Å². The number of ether oxygens (including phenoxy) is 1. The monoisotopic (exact) mass is 371 g/mol. The number of ketones is 2. The Kier molecular flexibility index (Phi) is 11.1. The number of allylic oxidation sites excluding steroid dienone is 1. The van der Waals surface area contributed by atoms with Gasteiger partial charge < -0.3 is 10.1 Å². The molecule has 142 valence electrons. The Labute approximate surface area is 154 Å². The van der Waals surface area contributed by atoms with Crippen molar-refractivity contribution in [2.24, 2.45) is 5.41 Å². The van der Waals surface area contributed by atoms with Crippen LogP contribution in [0.1, 0.15) is 53.4 Å². The molecule has 0 radical (unpaired) electrons. The SMILES string of the molecule is C=C(C)C(=O)CCCNC(=O)OC(=O)CCSCCC(=O)C(C)(C)C. The summed E-state index contributed by atoms with van der Waals surface area (Å²) in [5.41, 5.74) is 0.145. The van der Waals surface area contributed by atoms with Crippen LogP contribution in [0.3, 0.4) is 0 Å². The molecule has 0 saturated carbocycles. The molecule has 0 aromatic heterocycles. The third kappa shape index (κ3) is 12.4. The Bertz CT molecular complexity index is 508. The first kappa shape index (κ1) is 23.4. The van der Waals surface area contributed by atoms with Gasteiger partial charge in [0.05, 0.1) is 6.42 Å². The fraction of sp³-hybridized carbons (Fsp3) is 0.667. The van der Waals surface area contributed by atoms with Gasteiger partial charge in [-0.05, 0) is 18.9 Å². The van der Waals surface area contributed by atoms with Gasteiger partial charge in [0, 0.05) is 36.3 Å². The molecular formula is C18H29NO5S. The summed E-state index contributed by atoms with van der Waals surface area (Å²) in [5, 5.41) is 2.43. The van der Waals surface area contributed by atoms with Crippen molar-refractivity contribution in [3.8, 4) is 0 Å². The third-order valence-corrected chi connectivity index (χ3v) is 4.28. The second kappa shape index (κ2) is 11.8. The molecule has 0 spiro atoms. The standard InChI is InChI=1S/C18H29NO5S/c1-13(2)14(20)7-6-10-19-17(23)24-16(22)9-12-25-11-8-15(21)18(3,4)5/h1,6-12H2,2-5H3,(H,19,23). The van der Waals surface area contributed by atoms with E-state index in [1.807, 2.05) is 20.8 Å². The quantitative estimate of drug-likeness (QED) is 0.259. The van der Waals surface area contributed by atoms with E-state index in [2.05, 4.69) is 16.6 Å². The van der Waals surface area contributed by atoms with Gasteiger partial charge in [-0.15, -0.1) is 0 Å². The molecule has 1 amide bonds. The molecule has 0 unspecified atom stereocenters.